The molecule has 0 heterocycles. The lowest BCUT2D eigenvalue weighted by atomic mass is 10.0. The second-order valence-electron chi connectivity index (χ2n) is 5.52. The molecule has 3 aromatic carbocycles. The van der Waals surface area contributed by atoms with Crippen LogP contribution in [0.2, 0.25) is 0 Å². The van der Waals surface area contributed by atoms with Crippen molar-refractivity contribution in [3.05, 3.63) is 70.2 Å². The molecular weight excluding hydrogens is 382 g/mol. The number of nitrogens with one attached hydrogen (secondary N) is 1. The van der Waals surface area contributed by atoms with Crippen LogP contribution in [-0.2, 0) is 6.54 Å². The fourth-order valence-electron chi connectivity index (χ4n) is 2.73. The molecule has 5 heteroatoms. The van der Waals surface area contributed by atoms with Crippen LogP contribution in [0.25, 0.3) is 10.8 Å². The van der Waals surface area contributed by atoms with E-state index in [4.69, 9.17) is 9.47 Å². The number of benzene rings is 3. The summed E-state index contributed by atoms with van der Waals surface area (Å²) >= 11 is 3.49. The van der Waals surface area contributed by atoms with Gasteiger partial charge in [-0.1, -0.05) is 28.1 Å². The van der Waals surface area contributed by atoms with E-state index in [-0.39, 0.29) is 5.91 Å². The van der Waals surface area contributed by atoms with Crippen LogP contribution in [0.3, 0.4) is 0 Å². The highest BCUT2D eigenvalue weighted by atomic mass is 79.9. The molecule has 0 spiro atoms. The normalized spacial score (nSPS) is 10.5. The highest BCUT2D eigenvalue weighted by Gasteiger charge is 2.11. The number of ether oxygens (including phenoxy) is 2. The highest BCUT2D eigenvalue weighted by molar-refractivity contribution is 9.10. The molecule has 0 aliphatic heterocycles. The lowest BCUT2D eigenvalue weighted by Gasteiger charge is -2.13. The van der Waals surface area contributed by atoms with E-state index in [2.05, 4.69) is 21.2 Å². The van der Waals surface area contributed by atoms with Crippen molar-refractivity contribution in [3.8, 4) is 11.5 Å². The molecule has 0 aliphatic rings. The Morgan fingerprint density at radius 1 is 1.00 bits per heavy atom. The van der Waals surface area contributed by atoms with Gasteiger partial charge in [0.15, 0.2) is 0 Å². The van der Waals surface area contributed by atoms with Crippen molar-refractivity contribution >= 4 is 32.6 Å². The Hall–Kier alpha value is -2.53. The number of hydrogen-bond donors (Lipinski definition) is 1. The zero-order valence-electron chi connectivity index (χ0n) is 14.0. The van der Waals surface area contributed by atoms with Crippen LogP contribution in [0.15, 0.2) is 59.1 Å². The third kappa shape index (κ3) is 3.77. The Morgan fingerprint density at radius 2 is 1.76 bits per heavy atom. The van der Waals surface area contributed by atoms with Crippen LogP contribution in [0.5, 0.6) is 11.5 Å². The van der Waals surface area contributed by atoms with Crippen LogP contribution in [-0.4, -0.2) is 20.1 Å². The van der Waals surface area contributed by atoms with Gasteiger partial charge in [-0.25, -0.2) is 0 Å². The van der Waals surface area contributed by atoms with Crippen LogP contribution in [0.4, 0.5) is 0 Å². The van der Waals surface area contributed by atoms with Crippen LogP contribution >= 0.6 is 15.9 Å². The molecule has 1 amide bonds. The van der Waals surface area contributed by atoms with Gasteiger partial charge in [0.05, 0.1) is 14.2 Å². The smallest absolute Gasteiger partial charge is 0.251 e. The average molecular weight is 400 g/mol. The molecule has 1 N–H and O–H groups in total. The van der Waals surface area contributed by atoms with Gasteiger partial charge in [-0.2, -0.15) is 0 Å². The minimum absolute atomic E-state index is 0.140. The Balaban J connectivity index is 1.85. The van der Waals surface area contributed by atoms with Gasteiger partial charge < -0.3 is 14.8 Å². The fraction of sp³-hybridized carbons (Fsp3) is 0.150. The van der Waals surface area contributed by atoms with Gasteiger partial charge in [0.2, 0.25) is 0 Å². The van der Waals surface area contributed by atoms with E-state index in [1.807, 2.05) is 30.3 Å². The molecule has 0 aromatic heterocycles. The molecule has 0 fully saturated rings. The third-order valence-corrected chi connectivity index (χ3v) is 4.54. The molecule has 0 bridgehead atoms. The van der Waals surface area contributed by atoms with E-state index in [1.165, 1.54) is 0 Å². The first-order valence-corrected chi connectivity index (χ1v) is 8.59. The summed E-state index contributed by atoms with van der Waals surface area (Å²) in [5.74, 6) is 1.33. The average Bonchev–Trinajstić information content (AvgIpc) is 2.65. The van der Waals surface area contributed by atoms with Gasteiger partial charge in [0, 0.05) is 22.1 Å². The molecule has 25 heavy (non-hydrogen) atoms. The van der Waals surface area contributed by atoms with Crippen molar-refractivity contribution in [3.63, 3.8) is 0 Å². The fourth-order valence-corrected chi connectivity index (χ4v) is 3.11. The lowest BCUT2D eigenvalue weighted by Crippen LogP contribution is -2.23. The van der Waals surface area contributed by atoms with Crippen molar-refractivity contribution in [2.45, 2.75) is 6.54 Å². The van der Waals surface area contributed by atoms with Crippen molar-refractivity contribution in [1.82, 2.24) is 5.32 Å². The molecular formula is C20H18BrNO3. The lowest BCUT2D eigenvalue weighted by molar-refractivity contribution is 0.0951. The molecule has 3 rings (SSSR count). The summed E-state index contributed by atoms with van der Waals surface area (Å²) in [6.07, 6.45) is 0. The van der Waals surface area contributed by atoms with Crippen molar-refractivity contribution in [1.29, 1.82) is 0 Å². The third-order valence-electron chi connectivity index (χ3n) is 4.05. The maximum absolute atomic E-state index is 12.4. The van der Waals surface area contributed by atoms with Crippen molar-refractivity contribution in [2.24, 2.45) is 0 Å². The van der Waals surface area contributed by atoms with Crippen molar-refractivity contribution < 1.29 is 14.3 Å². The first kappa shape index (κ1) is 17.3. The number of carbonyl (C=O) groups is 1. The SMILES string of the molecule is COc1ccc(C(=O)NCc2c(OC)ccc3cc(Br)ccc23)cc1. The Morgan fingerprint density at radius 3 is 2.44 bits per heavy atom. The number of hydrogen-bond acceptors (Lipinski definition) is 3. The number of amides is 1. The van der Waals surface area contributed by atoms with Crippen molar-refractivity contribution in [2.75, 3.05) is 14.2 Å². The number of rotatable bonds is 5. The van der Waals surface area contributed by atoms with Gasteiger partial charge in [-0.15, -0.1) is 0 Å². The number of methoxy groups -OCH3 is 2. The van der Waals surface area contributed by atoms with Gasteiger partial charge in [0.25, 0.3) is 5.91 Å². The number of halogens is 1. The minimum Gasteiger partial charge on any atom is -0.497 e. The Kier molecular flexibility index (Phi) is 5.24. The Bertz CT molecular complexity index is 907. The molecule has 0 aliphatic carbocycles. The first-order chi connectivity index (χ1) is 12.1. The first-order valence-electron chi connectivity index (χ1n) is 7.80. The standard InChI is InChI=1S/C20H18BrNO3/c1-24-16-7-3-13(4-8-16)20(23)22-12-18-17-9-6-15(21)11-14(17)5-10-19(18)25-2/h3-11H,12H2,1-2H3,(H,22,23). The summed E-state index contributed by atoms with van der Waals surface area (Å²) in [5, 5.41) is 5.10. The molecule has 0 saturated carbocycles. The molecule has 4 nitrogen and oxygen atoms in total. The molecule has 0 atom stereocenters. The topological polar surface area (TPSA) is 47.6 Å². The van der Waals surface area contributed by atoms with Crippen LogP contribution < -0.4 is 14.8 Å². The van der Waals surface area contributed by atoms with E-state index in [0.717, 1.165) is 32.3 Å². The molecule has 3 aromatic rings. The zero-order valence-corrected chi connectivity index (χ0v) is 15.6. The van der Waals surface area contributed by atoms with Gasteiger partial charge in [-0.05, 0) is 53.2 Å². The summed E-state index contributed by atoms with van der Waals surface area (Å²) in [6, 6.07) is 17.0. The predicted molar refractivity (Wildman–Crippen MR) is 102 cm³/mol. The maximum Gasteiger partial charge on any atom is 0.251 e. The summed E-state index contributed by atoms with van der Waals surface area (Å²) in [7, 11) is 3.23. The number of fused-ring (bicyclic) bond motifs is 1. The molecule has 128 valence electrons. The van der Waals surface area contributed by atoms with Crippen LogP contribution in [0, 0.1) is 0 Å². The summed E-state index contributed by atoms with van der Waals surface area (Å²) in [4.78, 5) is 12.4. The highest BCUT2D eigenvalue weighted by Crippen LogP contribution is 2.30. The molecule has 0 saturated heterocycles. The quantitative estimate of drug-likeness (QED) is 0.684. The van der Waals surface area contributed by atoms with Gasteiger partial charge in [0.1, 0.15) is 11.5 Å². The monoisotopic (exact) mass is 399 g/mol. The van der Waals surface area contributed by atoms with E-state index < -0.39 is 0 Å². The van der Waals surface area contributed by atoms with Crippen LogP contribution in [0.1, 0.15) is 15.9 Å². The molecule has 0 radical (unpaired) electrons. The van der Waals surface area contributed by atoms with Gasteiger partial charge in [-0.3, -0.25) is 4.79 Å². The Labute approximate surface area is 154 Å². The summed E-state index contributed by atoms with van der Waals surface area (Å²) in [6.45, 7) is 0.382. The second-order valence-corrected chi connectivity index (χ2v) is 6.44. The van der Waals surface area contributed by atoms with E-state index in [9.17, 15) is 4.79 Å². The number of carbonyl (C=O) groups excluding carboxylic acids is 1. The van der Waals surface area contributed by atoms with E-state index in [0.29, 0.717) is 12.1 Å². The summed E-state index contributed by atoms with van der Waals surface area (Å²) < 4.78 is 11.6. The zero-order chi connectivity index (χ0) is 17.8. The summed E-state index contributed by atoms with van der Waals surface area (Å²) in [5.41, 5.74) is 1.54. The van der Waals surface area contributed by atoms with E-state index in [1.54, 1.807) is 38.5 Å². The predicted octanol–water partition coefficient (Wildman–Crippen LogP) is 4.55. The largest absolute Gasteiger partial charge is 0.497 e. The van der Waals surface area contributed by atoms with Gasteiger partial charge >= 0.3 is 0 Å². The van der Waals surface area contributed by atoms with E-state index >= 15 is 0 Å². The second kappa shape index (κ2) is 7.57. The maximum atomic E-state index is 12.4. The minimum atomic E-state index is -0.140. The molecule has 0 unspecified atom stereocenters.